The molecule has 0 aliphatic carbocycles. The maximum absolute atomic E-state index is 13.1. The lowest BCUT2D eigenvalue weighted by atomic mass is 9.96. The molecule has 0 amide bonds. The number of carbonyl (C=O) groups excluding carboxylic acids is 3. The van der Waals surface area contributed by atoms with Crippen LogP contribution in [0.25, 0.3) is 0 Å². The molecule has 6 rings (SSSR count). The zero-order valence-electron chi connectivity index (χ0n) is 36.6. The number of nitrogens with one attached hydrogen (secondary N) is 1. The number of anilines is 2. The summed E-state index contributed by atoms with van der Waals surface area (Å²) in [6.07, 6.45) is 1.24. The topological polar surface area (TPSA) is 178 Å². The molecule has 0 aromatic heterocycles. The van der Waals surface area contributed by atoms with Gasteiger partial charge in [-0.3, -0.25) is 8.61 Å². The minimum Gasteiger partial charge on any atom is -1.00 e. The molecule has 0 spiro atoms. The van der Waals surface area contributed by atoms with Crippen LogP contribution in [0.4, 0.5) is 11.4 Å². The molecule has 0 fully saturated rings. The van der Waals surface area contributed by atoms with Crippen molar-refractivity contribution in [3.8, 4) is 0 Å². The van der Waals surface area contributed by atoms with Crippen LogP contribution in [0.1, 0.15) is 85.8 Å². The first-order valence-corrected chi connectivity index (χ1v) is 23.2. The van der Waals surface area contributed by atoms with Gasteiger partial charge in [-0.25, -0.2) is 21.6 Å². The molecule has 0 bridgehead atoms. The lowest BCUT2D eigenvalue weighted by molar-refractivity contribution is -0.359. The van der Waals surface area contributed by atoms with E-state index in [0.29, 0.717) is 22.8 Å². The molecule has 2 unspecified atom stereocenters. The highest BCUT2D eigenvalue weighted by Gasteiger charge is 2.35. The number of benzene rings is 4. The van der Waals surface area contributed by atoms with Gasteiger partial charge in [-0.1, -0.05) is 88.4 Å². The summed E-state index contributed by atoms with van der Waals surface area (Å²) in [4.78, 5) is 29.4. The fourth-order valence-corrected chi connectivity index (χ4v) is 10.0. The minimum atomic E-state index is -3.58. The fraction of sp³-hybridized carbons (Fsp3) is 0.409. The van der Waals surface area contributed by atoms with Crippen molar-refractivity contribution in [2.24, 2.45) is 0 Å². The monoisotopic (exact) mass is 921 g/mol. The summed E-state index contributed by atoms with van der Waals surface area (Å²) in [6, 6.07) is 26.0. The Kier molecular flexibility index (Phi) is 23.5. The van der Waals surface area contributed by atoms with Crippen LogP contribution in [0.15, 0.2) is 94.7 Å². The van der Waals surface area contributed by atoms with E-state index in [1.54, 1.807) is 45.3 Å². The fourth-order valence-electron chi connectivity index (χ4n) is 6.49. The number of esters is 1. The highest BCUT2D eigenvalue weighted by Crippen LogP contribution is 2.43. The van der Waals surface area contributed by atoms with Crippen LogP contribution in [0.2, 0.25) is 0 Å². The van der Waals surface area contributed by atoms with Crippen molar-refractivity contribution < 1.29 is 54.1 Å². The average molecular weight is 923 g/mol. The number of halogens is 2. The van der Waals surface area contributed by atoms with Gasteiger partial charge in [0.15, 0.2) is 6.54 Å². The van der Waals surface area contributed by atoms with Gasteiger partial charge in [0.25, 0.3) is 20.0 Å². The average Bonchev–Trinajstić information content (AvgIpc) is 3.35. The number of fused-ring (bicyclic) bond motifs is 4. The number of hydrogen-bond acceptors (Lipinski definition) is 10. The summed E-state index contributed by atoms with van der Waals surface area (Å²) in [5, 5.41) is 3.04. The molecule has 2 aliphatic heterocycles. The van der Waals surface area contributed by atoms with Crippen LogP contribution in [0.5, 0.6) is 0 Å². The Morgan fingerprint density at radius 1 is 0.738 bits per heavy atom. The van der Waals surface area contributed by atoms with Gasteiger partial charge in [0.05, 0.1) is 39.2 Å². The molecule has 0 saturated heterocycles. The smallest absolute Gasteiger partial charge is 0.373 e. The second-order valence-corrected chi connectivity index (χ2v) is 18.0. The Balaban J connectivity index is 0.000000443. The van der Waals surface area contributed by atoms with Gasteiger partial charge >= 0.3 is 12.1 Å². The van der Waals surface area contributed by atoms with Crippen LogP contribution >= 0.6 is 11.6 Å². The number of quaternary nitrogens is 1. The predicted octanol–water partition coefficient (Wildman–Crippen LogP) is 3.24. The molecule has 2 heterocycles. The van der Waals surface area contributed by atoms with Gasteiger partial charge in [0.2, 0.25) is 0 Å². The predicted molar refractivity (Wildman–Crippen MR) is 237 cm³/mol. The number of aryl methyl sites for hydroxylation is 2. The molecule has 0 radical (unpaired) electrons. The summed E-state index contributed by atoms with van der Waals surface area (Å²) < 4.78 is 58.8. The summed E-state index contributed by atoms with van der Waals surface area (Å²) in [5.74, 6) is -0.234. The van der Waals surface area contributed by atoms with E-state index in [1.165, 1.54) is 28.2 Å². The molecule has 2 atom stereocenters. The van der Waals surface area contributed by atoms with Crippen LogP contribution in [-0.2, 0) is 39.2 Å². The van der Waals surface area contributed by atoms with E-state index in [-0.39, 0.29) is 42.0 Å². The molecule has 61 heavy (non-hydrogen) atoms. The quantitative estimate of drug-likeness (QED) is 0.197. The number of sulfonamides is 2. The Hall–Kier alpha value is -4.31. The van der Waals surface area contributed by atoms with Crippen molar-refractivity contribution in [3.63, 3.8) is 0 Å². The first-order valence-electron chi connectivity index (χ1n) is 19.9. The lowest BCUT2D eigenvalue weighted by Gasteiger charge is -2.21. The Morgan fingerprint density at radius 3 is 1.57 bits per heavy atom. The molecule has 336 valence electrons. The zero-order valence-corrected chi connectivity index (χ0v) is 39.7. The second-order valence-electron chi connectivity index (χ2n) is 13.7. The third-order valence-corrected chi connectivity index (χ3v) is 13.9. The first kappa shape index (κ1) is 54.7. The highest BCUT2D eigenvalue weighted by molar-refractivity contribution is 7.93. The summed E-state index contributed by atoms with van der Waals surface area (Å²) in [5.41, 5.74) is 9.79. The molecule has 13 nitrogen and oxygen atoms in total. The van der Waals surface area contributed by atoms with Crippen molar-refractivity contribution in [1.82, 2.24) is 10.2 Å². The van der Waals surface area contributed by atoms with Crippen LogP contribution < -0.4 is 32.1 Å². The SMILES string of the molecule is CCCNC1c2ccccc2N(C)S(=O)(=O)c2cc(C)ccc21.CCN(CC)CC.CCOC(=O)C[NH3+].Cc1ccc2c(c1)S(=O)(=O)N(C)c1ccccc1C2Cl.O=C=O.[Cl-]. The van der Waals surface area contributed by atoms with Crippen LogP contribution in [0.3, 0.4) is 0 Å². The molecule has 4 N–H and O–H groups in total. The number of hydrogen-bond donors (Lipinski definition) is 2. The van der Waals surface area contributed by atoms with Gasteiger partial charge in [-0.2, -0.15) is 9.59 Å². The Bertz CT molecular complexity index is 2260. The first-order chi connectivity index (χ1) is 28.5. The summed E-state index contributed by atoms with van der Waals surface area (Å²) in [6.45, 7) is 19.3. The van der Waals surface area contributed by atoms with E-state index in [9.17, 15) is 21.6 Å². The van der Waals surface area contributed by atoms with Crippen molar-refractivity contribution >= 4 is 55.1 Å². The van der Waals surface area contributed by atoms with E-state index < -0.39 is 25.4 Å². The highest BCUT2D eigenvalue weighted by atomic mass is 35.5. The third kappa shape index (κ3) is 14.1. The zero-order chi connectivity index (χ0) is 45.2. The Labute approximate surface area is 374 Å². The molecular formula is C44H61Cl2N5O8S2. The Morgan fingerprint density at radius 2 is 1.16 bits per heavy atom. The lowest BCUT2D eigenvalue weighted by Crippen LogP contribution is -3.00. The number of rotatable bonds is 8. The van der Waals surface area contributed by atoms with Gasteiger partial charge in [-0.15, -0.1) is 11.6 Å². The number of ether oxygens (including phenoxy) is 1. The van der Waals surface area contributed by atoms with Crippen molar-refractivity contribution in [3.05, 3.63) is 118 Å². The molecule has 2 aliphatic rings. The second kappa shape index (κ2) is 26.2. The van der Waals surface area contributed by atoms with E-state index >= 15 is 0 Å². The van der Waals surface area contributed by atoms with Gasteiger partial charge in [-0.05, 0) is 111 Å². The summed E-state index contributed by atoms with van der Waals surface area (Å²) >= 11 is 6.54. The molecular weight excluding hydrogens is 862 g/mol. The van der Waals surface area contributed by atoms with Crippen molar-refractivity contribution in [1.29, 1.82) is 0 Å². The largest absolute Gasteiger partial charge is 1.00 e. The molecule has 0 saturated carbocycles. The van der Waals surface area contributed by atoms with E-state index in [4.69, 9.17) is 21.2 Å². The van der Waals surface area contributed by atoms with Gasteiger partial charge < -0.3 is 33.1 Å². The number of carbonyl (C=O) groups is 1. The molecule has 4 aromatic carbocycles. The number of para-hydroxylation sites is 2. The van der Waals surface area contributed by atoms with Crippen molar-refractivity contribution in [2.45, 2.75) is 76.1 Å². The standard InChI is InChI=1S/C18H22N2O2S.C15H14ClNO2S.C6H15N.C4H9NO2.CO2.ClH/c1-4-11-19-18-14-7-5-6-8-16(14)20(3)23(21,22)17-12-13(2)9-10-15(17)18;1-10-7-8-12-14(9-10)20(18,19)17(2)13-6-4-3-5-11(13)15(12)16;1-4-7(5-2)6-3;1-2-7-4(6)3-5;2-1-3;/h5-10,12,18-19H,4,11H2,1-3H3;3-9,15H,1-2H3;4-6H2,1-3H3;2-3,5H2,1H3;;1H. The minimum absolute atomic E-state index is 0. The maximum Gasteiger partial charge on any atom is 0.373 e. The van der Waals surface area contributed by atoms with Crippen LogP contribution in [-0.4, -0.2) is 87.3 Å². The third-order valence-electron chi connectivity index (χ3n) is 9.78. The van der Waals surface area contributed by atoms with Crippen LogP contribution in [0, 0.1) is 13.8 Å². The summed E-state index contributed by atoms with van der Waals surface area (Å²) in [7, 11) is -3.94. The van der Waals surface area contributed by atoms with Crippen molar-refractivity contribution in [2.75, 3.05) is 62.0 Å². The maximum atomic E-state index is 13.1. The van der Waals surface area contributed by atoms with Gasteiger partial charge in [0, 0.05) is 14.1 Å². The molecule has 17 heteroatoms. The van der Waals surface area contributed by atoms with E-state index in [1.807, 2.05) is 74.5 Å². The number of nitrogens with zero attached hydrogens (tertiary/aromatic N) is 3. The molecule has 4 aromatic rings. The van der Waals surface area contributed by atoms with E-state index in [2.05, 4.69) is 48.4 Å². The van der Waals surface area contributed by atoms with E-state index in [0.717, 1.165) is 46.5 Å². The normalized spacial score (nSPS) is 15.9. The number of alkyl halides is 1. The van der Waals surface area contributed by atoms with Gasteiger partial charge in [0.1, 0.15) is 0 Å².